The second kappa shape index (κ2) is 8.23. The van der Waals surface area contributed by atoms with Crippen molar-refractivity contribution in [2.45, 2.75) is 45.1 Å². The van der Waals surface area contributed by atoms with Crippen LogP contribution in [0.4, 0.5) is 4.79 Å². The standard InChI is InChI=1S/C13H21N3O5/c1-2-3-5-9(12(19)20)15-10(17)6-4-7-16-11(18)8-14-13(16)21/h9H,2-8H2,1H3,(H,14,21)(H,15,17)(H,19,20). The average Bonchev–Trinajstić information content (AvgIpc) is 2.74. The molecule has 0 saturated carbocycles. The lowest BCUT2D eigenvalue weighted by atomic mass is 10.1. The molecule has 1 atom stereocenters. The van der Waals surface area contributed by atoms with E-state index in [1.165, 1.54) is 0 Å². The van der Waals surface area contributed by atoms with Gasteiger partial charge >= 0.3 is 12.0 Å². The molecule has 4 amide bonds. The van der Waals surface area contributed by atoms with Gasteiger partial charge in [-0.15, -0.1) is 0 Å². The van der Waals surface area contributed by atoms with Gasteiger partial charge in [-0.3, -0.25) is 14.5 Å². The minimum atomic E-state index is -1.05. The van der Waals surface area contributed by atoms with Gasteiger partial charge < -0.3 is 15.7 Å². The molecule has 118 valence electrons. The molecule has 8 heteroatoms. The lowest BCUT2D eigenvalue weighted by Gasteiger charge is -2.15. The lowest BCUT2D eigenvalue weighted by molar-refractivity contribution is -0.142. The van der Waals surface area contributed by atoms with Crippen molar-refractivity contribution >= 4 is 23.8 Å². The van der Waals surface area contributed by atoms with Gasteiger partial charge in [0.25, 0.3) is 0 Å². The van der Waals surface area contributed by atoms with E-state index in [0.29, 0.717) is 12.8 Å². The Balaban J connectivity index is 2.30. The van der Waals surface area contributed by atoms with Crippen molar-refractivity contribution in [3.63, 3.8) is 0 Å². The number of carbonyl (C=O) groups excluding carboxylic acids is 3. The maximum atomic E-state index is 11.7. The maximum absolute atomic E-state index is 11.7. The summed E-state index contributed by atoms with van der Waals surface area (Å²) in [5.74, 6) is -1.75. The van der Waals surface area contributed by atoms with E-state index in [0.717, 1.165) is 17.7 Å². The molecule has 1 heterocycles. The number of amides is 4. The zero-order valence-electron chi connectivity index (χ0n) is 12.1. The van der Waals surface area contributed by atoms with E-state index in [1.807, 2.05) is 6.92 Å². The van der Waals surface area contributed by atoms with Gasteiger partial charge in [0.1, 0.15) is 6.04 Å². The summed E-state index contributed by atoms with van der Waals surface area (Å²) in [6.45, 7) is 2.09. The van der Waals surface area contributed by atoms with Crippen molar-refractivity contribution in [2.75, 3.05) is 13.1 Å². The molecule has 1 saturated heterocycles. The third-order valence-electron chi connectivity index (χ3n) is 3.20. The summed E-state index contributed by atoms with van der Waals surface area (Å²) in [4.78, 5) is 46.3. The van der Waals surface area contributed by atoms with Crippen LogP contribution in [0, 0.1) is 0 Å². The molecule has 1 unspecified atom stereocenters. The van der Waals surface area contributed by atoms with E-state index in [9.17, 15) is 19.2 Å². The van der Waals surface area contributed by atoms with Crippen molar-refractivity contribution < 1.29 is 24.3 Å². The van der Waals surface area contributed by atoms with Crippen molar-refractivity contribution in [1.82, 2.24) is 15.5 Å². The topological polar surface area (TPSA) is 116 Å². The monoisotopic (exact) mass is 299 g/mol. The quantitative estimate of drug-likeness (QED) is 0.521. The highest BCUT2D eigenvalue weighted by Gasteiger charge is 2.28. The molecule has 1 aliphatic heterocycles. The second-order valence-corrected chi connectivity index (χ2v) is 4.91. The molecule has 0 aliphatic carbocycles. The van der Waals surface area contributed by atoms with E-state index in [2.05, 4.69) is 10.6 Å². The Hall–Kier alpha value is -2.12. The number of hydrogen-bond acceptors (Lipinski definition) is 4. The fourth-order valence-corrected chi connectivity index (χ4v) is 2.01. The molecular weight excluding hydrogens is 278 g/mol. The number of urea groups is 1. The van der Waals surface area contributed by atoms with Gasteiger partial charge in [-0.05, 0) is 12.8 Å². The van der Waals surface area contributed by atoms with Crippen LogP contribution in [0.15, 0.2) is 0 Å². The van der Waals surface area contributed by atoms with Gasteiger partial charge in [-0.2, -0.15) is 0 Å². The van der Waals surface area contributed by atoms with Crippen molar-refractivity contribution in [3.05, 3.63) is 0 Å². The summed E-state index contributed by atoms with van der Waals surface area (Å²) in [5, 5.41) is 13.8. The third-order valence-corrected chi connectivity index (χ3v) is 3.20. The number of aliphatic carboxylic acids is 1. The van der Waals surface area contributed by atoms with Crippen LogP contribution < -0.4 is 10.6 Å². The van der Waals surface area contributed by atoms with Gasteiger partial charge in [-0.25, -0.2) is 9.59 Å². The lowest BCUT2D eigenvalue weighted by Crippen LogP contribution is -2.41. The molecule has 8 nitrogen and oxygen atoms in total. The Kier molecular flexibility index (Phi) is 6.64. The second-order valence-electron chi connectivity index (χ2n) is 4.91. The fourth-order valence-electron chi connectivity index (χ4n) is 2.01. The van der Waals surface area contributed by atoms with Crippen LogP contribution in [-0.4, -0.2) is 53.0 Å². The fraction of sp³-hybridized carbons (Fsp3) is 0.692. The van der Waals surface area contributed by atoms with Crippen LogP contribution in [0.25, 0.3) is 0 Å². The van der Waals surface area contributed by atoms with E-state index in [1.54, 1.807) is 0 Å². The summed E-state index contributed by atoms with van der Waals surface area (Å²) in [7, 11) is 0. The van der Waals surface area contributed by atoms with Crippen LogP contribution >= 0.6 is 0 Å². The Bertz CT molecular complexity index is 408. The van der Waals surface area contributed by atoms with Crippen LogP contribution in [0.3, 0.4) is 0 Å². The molecule has 0 aromatic heterocycles. The van der Waals surface area contributed by atoms with E-state index >= 15 is 0 Å². The number of imide groups is 1. The number of unbranched alkanes of at least 4 members (excludes halogenated alkanes) is 1. The number of carbonyl (C=O) groups is 4. The van der Waals surface area contributed by atoms with Gasteiger partial charge in [0.2, 0.25) is 11.8 Å². The highest BCUT2D eigenvalue weighted by Crippen LogP contribution is 2.04. The summed E-state index contributed by atoms with van der Waals surface area (Å²) in [6, 6.07) is -1.33. The zero-order valence-corrected chi connectivity index (χ0v) is 12.1. The minimum absolute atomic E-state index is 0.0108. The predicted molar refractivity (Wildman–Crippen MR) is 73.4 cm³/mol. The molecule has 0 radical (unpaired) electrons. The first kappa shape index (κ1) is 16.9. The first-order valence-electron chi connectivity index (χ1n) is 7.06. The first-order valence-corrected chi connectivity index (χ1v) is 7.06. The molecule has 1 rings (SSSR count). The summed E-state index contributed by atoms with van der Waals surface area (Å²) >= 11 is 0. The summed E-state index contributed by atoms with van der Waals surface area (Å²) in [5.41, 5.74) is 0. The van der Waals surface area contributed by atoms with Crippen molar-refractivity contribution in [1.29, 1.82) is 0 Å². The summed E-state index contributed by atoms with van der Waals surface area (Å²) in [6.07, 6.45) is 2.36. The first-order chi connectivity index (χ1) is 9.95. The molecule has 1 aliphatic rings. The van der Waals surface area contributed by atoms with Crippen LogP contribution in [-0.2, 0) is 14.4 Å². The van der Waals surface area contributed by atoms with Crippen LogP contribution in [0.2, 0.25) is 0 Å². The van der Waals surface area contributed by atoms with E-state index in [4.69, 9.17) is 5.11 Å². The summed E-state index contributed by atoms with van der Waals surface area (Å²) < 4.78 is 0. The van der Waals surface area contributed by atoms with Gasteiger partial charge in [-0.1, -0.05) is 19.8 Å². The maximum Gasteiger partial charge on any atom is 0.326 e. The number of carboxylic acids is 1. The van der Waals surface area contributed by atoms with Crippen molar-refractivity contribution in [2.24, 2.45) is 0 Å². The Labute approximate surface area is 122 Å². The minimum Gasteiger partial charge on any atom is -0.480 e. The Morgan fingerprint density at radius 3 is 2.62 bits per heavy atom. The molecule has 0 spiro atoms. The largest absolute Gasteiger partial charge is 0.480 e. The van der Waals surface area contributed by atoms with Gasteiger partial charge in [0, 0.05) is 13.0 Å². The molecule has 0 aromatic carbocycles. The van der Waals surface area contributed by atoms with E-state index < -0.39 is 18.0 Å². The molecular formula is C13H21N3O5. The highest BCUT2D eigenvalue weighted by atomic mass is 16.4. The van der Waals surface area contributed by atoms with Crippen LogP contribution in [0.5, 0.6) is 0 Å². The number of hydrogen-bond donors (Lipinski definition) is 3. The Morgan fingerprint density at radius 2 is 2.10 bits per heavy atom. The average molecular weight is 299 g/mol. The van der Waals surface area contributed by atoms with E-state index in [-0.39, 0.29) is 31.3 Å². The van der Waals surface area contributed by atoms with Gasteiger partial charge in [0.15, 0.2) is 0 Å². The highest BCUT2D eigenvalue weighted by molar-refractivity contribution is 6.01. The molecule has 3 N–H and O–H groups in total. The molecule has 21 heavy (non-hydrogen) atoms. The number of carboxylic acid groups (broad SMARTS) is 1. The number of nitrogens with one attached hydrogen (secondary N) is 2. The number of rotatable bonds is 9. The predicted octanol–water partition coefficient (Wildman–Crippen LogP) is 0.0780. The Morgan fingerprint density at radius 1 is 1.38 bits per heavy atom. The SMILES string of the molecule is CCCCC(NC(=O)CCCN1C(=O)CNC1=O)C(=O)O. The normalized spacial score (nSPS) is 15.8. The zero-order chi connectivity index (χ0) is 15.8. The van der Waals surface area contributed by atoms with Crippen LogP contribution in [0.1, 0.15) is 39.0 Å². The van der Waals surface area contributed by atoms with Gasteiger partial charge in [0.05, 0.1) is 6.54 Å². The number of nitrogens with zero attached hydrogens (tertiary/aromatic N) is 1. The smallest absolute Gasteiger partial charge is 0.326 e. The third kappa shape index (κ3) is 5.41. The molecule has 1 fully saturated rings. The molecule has 0 aromatic rings. The molecule has 0 bridgehead atoms. The van der Waals surface area contributed by atoms with Crippen molar-refractivity contribution in [3.8, 4) is 0 Å².